The Morgan fingerprint density at radius 1 is 1.55 bits per heavy atom. The summed E-state index contributed by atoms with van der Waals surface area (Å²) >= 11 is 0. The van der Waals surface area contributed by atoms with Crippen molar-refractivity contribution in [3.05, 3.63) is 23.9 Å². The van der Waals surface area contributed by atoms with Gasteiger partial charge in [0.25, 0.3) is 0 Å². The Kier molecular flexibility index (Phi) is 2.86. The summed E-state index contributed by atoms with van der Waals surface area (Å²) in [6, 6.07) is 3.80. The van der Waals surface area contributed by atoms with Crippen molar-refractivity contribution >= 4 is 0 Å². The highest BCUT2D eigenvalue weighted by atomic mass is 16.5. The lowest BCUT2D eigenvalue weighted by Crippen LogP contribution is -2.11. The lowest BCUT2D eigenvalue weighted by atomic mass is 10.3. The molecule has 1 heterocycles. The highest BCUT2D eigenvalue weighted by Crippen LogP contribution is 2.05. The summed E-state index contributed by atoms with van der Waals surface area (Å²) in [5.41, 5.74) is 6.38. The van der Waals surface area contributed by atoms with Crippen molar-refractivity contribution < 1.29 is 4.74 Å². The van der Waals surface area contributed by atoms with E-state index in [2.05, 4.69) is 4.98 Å². The van der Waals surface area contributed by atoms with Gasteiger partial charge in [-0.2, -0.15) is 0 Å². The van der Waals surface area contributed by atoms with Crippen LogP contribution >= 0.6 is 0 Å². The first-order chi connectivity index (χ1) is 5.33. The lowest BCUT2D eigenvalue weighted by Gasteiger charge is -2.01. The maximum Gasteiger partial charge on any atom is 0.213 e. The summed E-state index contributed by atoms with van der Waals surface area (Å²) in [5.74, 6) is 0.640. The number of pyridine rings is 1. The first-order valence-corrected chi connectivity index (χ1v) is 3.58. The zero-order valence-electron chi connectivity index (χ0n) is 6.58. The monoisotopic (exact) mass is 152 g/mol. The van der Waals surface area contributed by atoms with Gasteiger partial charge in [0.1, 0.15) is 6.61 Å². The van der Waals surface area contributed by atoms with Crippen LogP contribution in [0.25, 0.3) is 0 Å². The quantitative estimate of drug-likeness (QED) is 0.694. The Bertz CT molecular complexity index is 208. The average Bonchev–Trinajstić information content (AvgIpc) is 2.04. The molecule has 0 amide bonds. The van der Waals surface area contributed by atoms with Crippen molar-refractivity contribution in [3.63, 3.8) is 0 Å². The van der Waals surface area contributed by atoms with Gasteiger partial charge < -0.3 is 10.5 Å². The number of rotatable bonds is 3. The van der Waals surface area contributed by atoms with E-state index in [9.17, 15) is 0 Å². The number of hydrogen-bond donors (Lipinski definition) is 1. The van der Waals surface area contributed by atoms with Crippen molar-refractivity contribution in [2.45, 2.75) is 6.92 Å². The third-order valence-electron chi connectivity index (χ3n) is 1.25. The van der Waals surface area contributed by atoms with E-state index in [0.29, 0.717) is 19.0 Å². The van der Waals surface area contributed by atoms with Crippen molar-refractivity contribution in [1.82, 2.24) is 4.98 Å². The third-order valence-corrected chi connectivity index (χ3v) is 1.25. The molecular weight excluding hydrogens is 140 g/mol. The number of ether oxygens (including phenoxy) is 1. The van der Waals surface area contributed by atoms with E-state index in [4.69, 9.17) is 10.5 Å². The molecule has 0 saturated heterocycles. The zero-order chi connectivity index (χ0) is 8.10. The standard InChI is InChI=1S/C8H12N2O/c1-7-2-3-8(10-6-7)11-5-4-9/h2-3,6H,4-5,9H2,1H3. The van der Waals surface area contributed by atoms with E-state index >= 15 is 0 Å². The SMILES string of the molecule is Cc1ccc(OCCN)nc1. The number of aromatic nitrogens is 1. The van der Waals surface area contributed by atoms with Gasteiger partial charge in [-0.1, -0.05) is 6.07 Å². The van der Waals surface area contributed by atoms with Crippen molar-refractivity contribution in [1.29, 1.82) is 0 Å². The molecule has 0 saturated carbocycles. The van der Waals surface area contributed by atoms with E-state index < -0.39 is 0 Å². The van der Waals surface area contributed by atoms with Crippen molar-refractivity contribution in [2.24, 2.45) is 5.73 Å². The minimum atomic E-state index is 0.523. The van der Waals surface area contributed by atoms with Crippen LogP contribution in [0.3, 0.4) is 0 Å². The first kappa shape index (κ1) is 8.01. The van der Waals surface area contributed by atoms with Crippen molar-refractivity contribution in [2.75, 3.05) is 13.2 Å². The second-order valence-electron chi connectivity index (χ2n) is 2.31. The maximum absolute atomic E-state index is 5.25. The predicted octanol–water partition coefficient (Wildman–Crippen LogP) is 0.728. The van der Waals surface area contributed by atoms with Gasteiger partial charge in [-0.15, -0.1) is 0 Å². The molecule has 60 valence electrons. The van der Waals surface area contributed by atoms with Gasteiger partial charge in [-0.3, -0.25) is 0 Å². The first-order valence-electron chi connectivity index (χ1n) is 3.58. The summed E-state index contributed by atoms with van der Waals surface area (Å²) in [6.45, 7) is 3.03. The molecule has 0 spiro atoms. The summed E-state index contributed by atoms with van der Waals surface area (Å²) < 4.78 is 5.17. The Balaban J connectivity index is 2.52. The van der Waals surface area contributed by atoms with Crippen LogP contribution in [0.4, 0.5) is 0 Å². The Morgan fingerprint density at radius 2 is 2.36 bits per heavy atom. The Morgan fingerprint density at radius 3 is 2.91 bits per heavy atom. The highest BCUT2D eigenvalue weighted by Gasteiger charge is 1.91. The van der Waals surface area contributed by atoms with Crippen LogP contribution in [0, 0.1) is 6.92 Å². The molecule has 0 unspecified atom stereocenters. The third kappa shape index (κ3) is 2.55. The zero-order valence-corrected chi connectivity index (χ0v) is 6.58. The molecule has 1 aromatic rings. The highest BCUT2D eigenvalue weighted by molar-refractivity contribution is 5.16. The molecule has 0 aliphatic carbocycles. The molecule has 3 nitrogen and oxygen atoms in total. The van der Waals surface area contributed by atoms with Crippen LogP contribution in [0.1, 0.15) is 5.56 Å². The lowest BCUT2D eigenvalue weighted by molar-refractivity contribution is 0.315. The average molecular weight is 152 g/mol. The molecule has 3 heteroatoms. The molecule has 0 atom stereocenters. The summed E-state index contributed by atoms with van der Waals surface area (Å²) in [6.07, 6.45) is 1.77. The summed E-state index contributed by atoms with van der Waals surface area (Å²) in [4.78, 5) is 4.04. The van der Waals surface area contributed by atoms with Gasteiger partial charge in [-0.25, -0.2) is 4.98 Å². The topological polar surface area (TPSA) is 48.1 Å². The number of nitrogens with two attached hydrogens (primary N) is 1. The number of aryl methyl sites for hydroxylation is 1. The Hall–Kier alpha value is -1.09. The fraction of sp³-hybridized carbons (Fsp3) is 0.375. The van der Waals surface area contributed by atoms with E-state index in [1.165, 1.54) is 0 Å². The van der Waals surface area contributed by atoms with Crippen molar-refractivity contribution in [3.8, 4) is 5.88 Å². The van der Waals surface area contributed by atoms with E-state index in [-0.39, 0.29) is 0 Å². The predicted molar refractivity (Wildman–Crippen MR) is 43.5 cm³/mol. The van der Waals surface area contributed by atoms with Crippen LogP contribution in [0.5, 0.6) is 5.88 Å². The normalized spacial score (nSPS) is 9.64. The van der Waals surface area contributed by atoms with Gasteiger partial charge in [0.15, 0.2) is 0 Å². The molecule has 0 aliphatic rings. The fourth-order valence-corrected chi connectivity index (χ4v) is 0.703. The smallest absolute Gasteiger partial charge is 0.213 e. The van der Waals surface area contributed by atoms with Gasteiger partial charge >= 0.3 is 0 Å². The second kappa shape index (κ2) is 3.93. The summed E-state index contributed by atoms with van der Waals surface area (Å²) in [5, 5.41) is 0. The Labute approximate surface area is 66.2 Å². The number of nitrogens with zero attached hydrogens (tertiary/aromatic N) is 1. The molecule has 0 radical (unpaired) electrons. The van der Waals surface area contributed by atoms with Gasteiger partial charge in [-0.05, 0) is 12.5 Å². The maximum atomic E-state index is 5.25. The molecular formula is C8H12N2O. The van der Waals surface area contributed by atoms with Gasteiger partial charge in [0, 0.05) is 18.8 Å². The summed E-state index contributed by atoms with van der Waals surface area (Å²) in [7, 11) is 0. The molecule has 0 aromatic carbocycles. The molecule has 2 N–H and O–H groups in total. The molecule has 1 rings (SSSR count). The largest absolute Gasteiger partial charge is 0.476 e. The molecule has 0 bridgehead atoms. The van der Waals surface area contributed by atoms with Crippen LogP contribution in [0.2, 0.25) is 0 Å². The molecule has 0 fully saturated rings. The van der Waals surface area contributed by atoms with Crippen LogP contribution in [-0.4, -0.2) is 18.1 Å². The minimum Gasteiger partial charge on any atom is -0.476 e. The van der Waals surface area contributed by atoms with Gasteiger partial charge in [0.05, 0.1) is 0 Å². The van der Waals surface area contributed by atoms with Crippen LogP contribution in [-0.2, 0) is 0 Å². The molecule has 1 aromatic heterocycles. The van der Waals surface area contributed by atoms with Crippen LogP contribution in [0.15, 0.2) is 18.3 Å². The van der Waals surface area contributed by atoms with E-state index in [1.807, 2.05) is 19.1 Å². The minimum absolute atomic E-state index is 0.523. The van der Waals surface area contributed by atoms with Gasteiger partial charge in [0.2, 0.25) is 5.88 Å². The van der Waals surface area contributed by atoms with E-state index in [0.717, 1.165) is 5.56 Å². The second-order valence-corrected chi connectivity index (χ2v) is 2.31. The fourth-order valence-electron chi connectivity index (χ4n) is 0.703. The molecule has 0 aliphatic heterocycles. The van der Waals surface area contributed by atoms with Crippen LogP contribution < -0.4 is 10.5 Å². The molecule has 11 heavy (non-hydrogen) atoms. The number of hydrogen-bond acceptors (Lipinski definition) is 3. The van der Waals surface area contributed by atoms with E-state index in [1.54, 1.807) is 6.20 Å².